The van der Waals surface area contributed by atoms with Gasteiger partial charge in [0.15, 0.2) is 0 Å². The van der Waals surface area contributed by atoms with E-state index in [1.165, 1.54) is 20.0 Å². The average molecular weight is 226 g/mol. The van der Waals surface area contributed by atoms with E-state index in [-0.39, 0.29) is 23.6 Å². The summed E-state index contributed by atoms with van der Waals surface area (Å²) in [6.07, 6.45) is 6.72. The minimum atomic E-state index is -0.202. The quantitative estimate of drug-likeness (QED) is 0.516. The number of carbonyl (C=O) groups is 2. The predicted molar refractivity (Wildman–Crippen MR) is 62.0 cm³/mol. The Morgan fingerprint density at radius 1 is 1.38 bits per heavy atom. The summed E-state index contributed by atoms with van der Waals surface area (Å²) >= 11 is 0. The lowest BCUT2D eigenvalue weighted by atomic mass is 9.90. The number of ether oxygens (including phenoxy) is 1. The van der Waals surface area contributed by atoms with Crippen molar-refractivity contribution in [1.29, 1.82) is 0 Å². The van der Waals surface area contributed by atoms with Gasteiger partial charge in [-0.15, -0.1) is 0 Å². The molecule has 1 rings (SSSR count). The van der Waals surface area contributed by atoms with Crippen LogP contribution in [0.25, 0.3) is 0 Å². The highest BCUT2D eigenvalue weighted by Gasteiger charge is 2.39. The molecule has 1 aliphatic rings. The summed E-state index contributed by atoms with van der Waals surface area (Å²) < 4.78 is 4.75. The largest absolute Gasteiger partial charge is 0.469 e. The fourth-order valence-electron chi connectivity index (χ4n) is 2.50. The number of esters is 1. The monoisotopic (exact) mass is 226 g/mol. The van der Waals surface area contributed by atoms with Crippen LogP contribution in [0.5, 0.6) is 0 Å². The third-order valence-electron chi connectivity index (χ3n) is 3.47. The summed E-state index contributed by atoms with van der Waals surface area (Å²) in [7, 11) is 1.40. The number of Topliss-reactive ketones (excluding diaryl/α,β-unsaturated/α-hetero) is 1. The van der Waals surface area contributed by atoms with Gasteiger partial charge in [-0.05, 0) is 12.8 Å². The van der Waals surface area contributed by atoms with Crippen molar-refractivity contribution in [3.63, 3.8) is 0 Å². The molecule has 0 spiro atoms. The van der Waals surface area contributed by atoms with Gasteiger partial charge >= 0.3 is 5.97 Å². The summed E-state index contributed by atoms with van der Waals surface area (Å²) in [6.45, 7) is 2.16. The van der Waals surface area contributed by atoms with Gasteiger partial charge in [-0.1, -0.05) is 32.6 Å². The number of rotatable bonds is 6. The normalized spacial score (nSPS) is 24.8. The van der Waals surface area contributed by atoms with E-state index in [0.717, 1.165) is 19.3 Å². The van der Waals surface area contributed by atoms with Crippen molar-refractivity contribution >= 4 is 11.8 Å². The molecule has 0 saturated heterocycles. The van der Waals surface area contributed by atoms with Crippen molar-refractivity contribution in [3.05, 3.63) is 0 Å². The molecular weight excluding hydrogens is 204 g/mol. The first-order chi connectivity index (χ1) is 7.70. The number of ketones is 1. The zero-order valence-corrected chi connectivity index (χ0v) is 10.3. The summed E-state index contributed by atoms with van der Waals surface area (Å²) in [4.78, 5) is 23.1. The van der Waals surface area contributed by atoms with E-state index in [1.807, 2.05) is 0 Å². The molecule has 0 aromatic heterocycles. The minimum absolute atomic E-state index is 0.0655. The number of methoxy groups -OCH3 is 1. The maximum atomic E-state index is 11.7. The highest BCUT2D eigenvalue weighted by Crippen LogP contribution is 2.33. The molecular formula is C13H22O3. The van der Waals surface area contributed by atoms with E-state index in [0.29, 0.717) is 12.8 Å². The van der Waals surface area contributed by atoms with E-state index < -0.39 is 0 Å². The Kier molecular flexibility index (Phi) is 5.50. The number of unbranched alkanes of at least 4 members (excludes halogenated alkanes) is 3. The van der Waals surface area contributed by atoms with Crippen LogP contribution in [0.15, 0.2) is 0 Å². The van der Waals surface area contributed by atoms with Crippen molar-refractivity contribution in [1.82, 2.24) is 0 Å². The molecule has 0 bridgehead atoms. The van der Waals surface area contributed by atoms with Gasteiger partial charge in [-0.25, -0.2) is 0 Å². The first-order valence-electron chi connectivity index (χ1n) is 6.31. The summed E-state index contributed by atoms with van der Waals surface area (Å²) in [5.74, 6) is -0.179. The Bertz CT molecular complexity index is 248. The maximum Gasteiger partial charge on any atom is 0.309 e. The lowest BCUT2D eigenvalue weighted by Crippen LogP contribution is -2.23. The molecule has 0 aromatic rings. The van der Waals surface area contributed by atoms with Crippen molar-refractivity contribution in [2.24, 2.45) is 11.8 Å². The van der Waals surface area contributed by atoms with Crippen LogP contribution >= 0.6 is 0 Å². The molecule has 3 heteroatoms. The highest BCUT2D eigenvalue weighted by molar-refractivity contribution is 5.90. The van der Waals surface area contributed by atoms with E-state index >= 15 is 0 Å². The third-order valence-corrected chi connectivity index (χ3v) is 3.47. The summed E-state index contributed by atoms with van der Waals surface area (Å²) in [6, 6.07) is 0. The van der Waals surface area contributed by atoms with Crippen LogP contribution in [0.3, 0.4) is 0 Å². The van der Waals surface area contributed by atoms with Crippen molar-refractivity contribution < 1.29 is 14.3 Å². The zero-order valence-electron chi connectivity index (χ0n) is 10.3. The third kappa shape index (κ3) is 3.32. The molecule has 0 radical (unpaired) electrons. The SMILES string of the molecule is CCCCCC[C@H]1C(=O)CC[C@@H]1C(=O)OC. The molecule has 3 nitrogen and oxygen atoms in total. The average Bonchev–Trinajstić information content (AvgIpc) is 2.65. The smallest absolute Gasteiger partial charge is 0.309 e. The molecule has 0 heterocycles. The minimum Gasteiger partial charge on any atom is -0.469 e. The Hall–Kier alpha value is -0.860. The Labute approximate surface area is 97.5 Å². The predicted octanol–water partition coefficient (Wildman–Crippen LogP) is 2.73. The maximum absolute atomic E-state index is 11.7. The van der Waals surface area contributed by atoms with E-state index in [4.69, 9.17) is 4.74 Å². The van der Waals surface area contributed by atoms with Gasteiger partial charge in [0, 0.05) is 12.3 Å². The second kappa shape index (κ2) is 6.66. The molecule has 0 aromatic carbocycles. The Morgan fingerprint density at radius 2 is 2.12 bits per heavy atom. The Morgan fingerprint density at radius 3 is 2.75 bits per heavy atom. The van der Waals surface area contributed by atoms with Gasteiger partial charge in [0.05, 0.1) is 13.0 Å². The molecule has 92 valence electrons. The molecule has 0 aliphatic heterocycles. The molecule has 0 amide bonds. The molecule has 1 saturated carbocycles. The zero-order chi connectivity index (χ0) is 12.0. The van der Waals surface area contributed by atoms with Crippen LogP contribution in [0.4, 0.5) is 0 Å². The molecule has 16 heavy (non-hydrogen) atoms. The molecule has 1 fully saturated rings. The van der Waals surface area contributed by atoms with Crippen LogP contribution in [-0.4, -0.2) is 18.9 Å². The second-order valence-corrected chi connectivity index (χ2v) is 4.59. The summed E-state index contributed by atoms with van der Waals surface area (Å²) in [5, 5.41) is 0. The first-order valence-corrected chi connectivity index (χ1v) is 6.31. The first kappa shape index (κ1) is 13.2. The Balaban J connectivity index is 2.41. The fraction of sp³-hybridized carbons (Fsp3) is 0.846. The molecule has 0 unspecified atom stereocenters. The molecule has 1 aliphatic carbocycles. The molecule has 2 atom stereocenters. The standard InChI is InChI=1S/C13H22O3/c1-3-4-5-6-7-10-11(13(15)16-2)8-9-12(10)14/h10-11H,3-9H2,1-2H3/t10-,11+/m1/s1. The van der Waals surface area contributed by atoms with Gasteiger partial charge in [0.1, 0.15) is 5.78 Å². The number of hydrogen-bond acceptors (Lipinski definition) is 3. The van der Waals surface area contributed by atoms with Gasteiger partial charge in [0.25, 0.3) is 0 Å². The van der Waals surface area contributed by atoms with E-state index in [2.05, 4.69) is 6.92 Å². The highest BCUT2D eigenvalue weighted by atomic mass is 16.5. The lowest BCUT2D eigenvalue weighted by molar-refractivity contribution is -0.148. The van der Waals surface area contributed by atoms with Crippen LogP contribution < -0.4 is 0 Å². The fourth-order valence-corrected chi connectivity index (χ4v) is 2.50. The van der Waals surface area contributed by atoms with Crippen LogP contribution in [-0.2, 0) is 14.3 Å². The van der Waals surface area contributed by atoms with Crippen LogP contribution in [0.1, 0.15) is 51.9 Å². The lowest BCUT2D eigenvalue weighted by Gasteiger charge is -2.15. The summed E-state index contributed by atoms with van der Waals surface area (Å²) in [5.41, 5.74) is 0. The number of hydrogen-bond donors (Lipinski definition) is 0. The van der Waals surface area contributed by atoms with Crippen molar-refractivity contribution in [3.8, 4) is 0 Å². The van der Waals surface area contributed by atoms with E-state index in [9.17, 15) is 9.59 Å². The van der Waals surface area contributed by atoms with E-state index in [1.54, 1.807) is 0 Å². The van der Waals surface area contributed by atoms with Crippen LogP contribution in [0.2, 0.25) is 0 Å². The molecule has 0 N–H and O–H groups in total. The van der Waals surface area contributed by atoms with Gasteiger partial charge < -0.3 is 4.74 Å². The number of carbonyl (C=O) groups excluding carboxylic acids is 2. The van der Waals surface area contributed by atoms with Crippen molar-refractivity contribution in [2.45, 2.75) is 51.9 Å². The van der Waals surface area contributed by atoms with Crippen molar-refractivity contribution in [2.75, 3.05) is 7.11 Å². The van der Waals surface area contributed by atoms with Gasteiger partial charge in [-0.3, -0.25) is 9.59 Å². The van der Waals surface area contributed by atoms with Gasteiger partial charge in [-0.2, -0.15) is 0 Å². The second-order valence-electron chi connectivity index (χ2n) is 4.59. The topological polar surface area (TPSA) is 43.4 Å². The van der Waals surface area contributed by atoms with Gasteiger partial charge in [0.2, 0.25) is 0 Å². The van der Waals surface area contributed by atoms with Crippen LogP contribution in [0, 0.1) is 11.8 Å².